The maximum atomic E-state index is 12.2. The number of carbonyl (C=O) groups excluding carboxylic acids is 1. The van der Waals surface area contributed by atoms with E-state index in [0.717, 1.165) is 43.8 Å². The molecule has 1 saturated heterocycles. The number of carbonyl (C=O) groups is 1. The van der Waals surface area contributed by atoms with Crippen molar-refractivity contribution in [2.45, 2.75) is 11.7 Å². The van der Waals surface area contributed by atoms with Crippen molar-refractivity contribution >= 4 is 23.4 Å². The summed E-state index contributed by atoms with van der Waals surface area (Å²) in [6, 6.07) is 7.34. The van der Waals surface area contributed by atoms with Gasteiger partial charge in [0.1, 0.15) is 25.4 Å². The van der Waals surface area contributed by atoms with Crippen LogP contribution in [-0.2, 0) is 23.1 Å². The lowest BCUT2D eigenvalue weighted by Crippen LogP contribution is -3.12. The first-order valence-electron chi connectivity index (χ1n) is 8.52. The predicted molar refractivity (Wildman–Crippen MR) is 98.6 cm³/mol. The molecular formula is C17H24N5O3S+. The number of quaternary nitrogens is 1. The van der Waals surface area contributed by atoms with E-state index in [2.05, 4.69) is 15.5 Å². The monoisotopic (exact) mass is 378 g/mol. The fourth-order valence-corrected chi connectivity index (χ4v) is 3.48. The van der Waals surface area contributed by atoms with Gasteiger partial charge in [-0.25, -0.2) is 0 Å². The van der Waals surface area contributed by atoms with Crippen LogP contribution in [0.25, 0.3) is 0 Å². The summed E-state index contributed by atoms with van der Waals surface area (Å²) in [7, 11) is 3.52. The van der Waals surface area contributed by atoms with Crippen LogP contribution in [0.1, 0.15) is 5.82 Å². The van der Waals surface area contributed by atoms with Gasteiger partial charge in [0.05, 0.1) is 31.8 Å². The van der Waals surface area contributed by atoms with Crippen LogP contribution in [-0.4, -0.2) is 59.8 Å². The first-order chi connectivity index (χ1) is 12.7. The Morgan fingerprint density at radius 3 is 2.88 bits per heavy atom. The Morgan fingerprint density at radius 1 is 1.35 bits per heavy atom. The smallest absolute Gasteiger partial charge is 0.234 e. The van der Waals surface area contributed by atoms with Gasteiger partial charge in [-0.05, 0) is 12.1 Å². The van der Waals surface area contributed by atoms with Crippen LogP contribution in [0.4, 0.5) is 5.69 Å². The molecule has 1 aliphatic heterocycles. The summed E-state index contributed by atoms with van der Waals surface area (Å²) in [5.41, 5.74) is 0.662. The Bertz CT molecular complexity index is 746. The van der Waals surface area contributed by atoms with Gasteiger partial charge >= 0.3 is 0 Å². The molecule has 1 aliphatic rings. The molecular weight excluding hydrogens is 354 g/mol. The fourth-order valence-electron chi connectivity index (χ4n) is 2.75. The zero-order chi connectivity index (χ0) is 18.4. The minimum Gasteiger partial charge on any atom is -0.495 e. The van der Waals surface area contributed by atoms with Gasteiger partial charge in [0.25, 0.3) is 0 Å². The second kappa shape index (κ2) is 9.02. The summed E-state index contributed by atoms with van der Waals surface area (Å²) in [5.74, 6) is 1.71. The molecule has 0 radical (unpaired) electrons. The lowest BCUT2D eigenvalue weighted by molar-refractivity contribution is -0.922. The summed E-state index contributed by atoms with van der Waals surface area (Å²) in [6.45, 7) is 4.37. The van der Waals surface area contributed by atoms with E-state index >= 15 is 0 Å². The third-order valence-corrected chi connectivity index (χ3v) is 5.27. The molecule has 2 heterocycles. The lowest BCUT2D eigenvalue weighted by atomic mass is 10.3. The number of benzene rings is 1. The van der Waals surface area contributed by atoms with Gasteiger partial charge in [-0.2, -0.15) is 0 Å². The molecule has 9 heteroatoms. The van der Waals surface area contributed by atoms with E-state index in [1.54, 1.807) is 7.11 Å². The van der Waals surface area contributed by atoms with Crippen LogP contribution < -0.4 is 15.0 Å². The molecule has 0 atom stereocenters. The first kappa shape index (κ1) is 18.7. The highest BCUT2D eigenvalue weighted by molar-refractivity contribution is 7.99. The normalized spacial score (nSPS) is 15.0. The van der Waals surface area contributed by atoms with E-state index in [-0.39, 0.29) is 11.7 Å². The van der Waals surface area contributed by atoms with Crippen molar-refractivity contribution in [1.82, 2.24) is 14.8 Å². The predicted octanol–water partition coefficient (Wildman–Crippen LogP) is -0.0304. The minimum atomic E-state index is -0.108. The lowest BCUT2D eigenvalue weighted by Gasteiger charge is -2.23. The molecule has 0 aliphatic carbocycles. The highest BCUT2D eigenvalue weighted by atomic mass is 32.2. The molecule has 1 amide bonds. The number of hydrogen-bond acceptors (Lipinski definition) is 6. The van der Waals surface area contributed by atoms with Crippen LogP contribution in [0.3, 0.4) is 0 Å². The van der Waals surface area contributed by atoms with Crippen LogP contribution in [0, 0.1) is 0 Å². The molecule has 1 aromatic carbocycles. The van der Waals surface area contributed by atoms with Crippen molar-refractivity contribution in [1.29, 1.82) is 0 Å². The van der Waals surface area contributed by atoms with E-state index in [4.69, 9.17) is 9.47 Å². The van der Waals surface area contributed by atoms with Crippen LogP contribution >= 0.6 is 11.8 Å². The largest absolute Gasteiger partial charge is 0.495 e. The van der Waals surface area contributed by atoms with Gasteiger partial charge in [-0.1, -0.05) is 23.9 Å². The van der Waals surface area contributed by atoms with E-state index in [1.165, 1.54) is 16.7 Å². The van der Waals surface area contributed by atoms with Gasteiger partial charge in [0, 0.05) is 7.05 Å². The Kier molecular flexibility index (Phi) is 6.48. The number of aromatic nitrogens is 3. The molecule has 8 nitrogen and oxygen atoms in total. The van der Waals surface area contributed by atoms with Gasteiger partial charge in [-0.3, -0.25) is 4.79 Å². The summed E-state index contributed by atoms with van der Waals surface area (Å²) >= 11 is 1.37. The molecule has 0 unspecified atom stereocenters. The van der Waals surface area contributed by atoms with E-state index in [9.17, 15) is 4.79 Å². The Balaban J connectivity index is 1.53. The van der Waals surface area contributed by atoms with Crippen molar-refractivity contribution in [2.24, 2.45) is 7.05 Å². The third-order valence-electron chi connectivity index (χ3n) is 4.25. The molecule has 26 heavy (non-hydrogen) atoms. The summed E-state index contributed by atoms with van der Waals surface area (Å²) in [6.07, 6.45) is 0. The van der Waals surface area contributed by atoms with Crippen LogP contribution in [0.5, 0.6) is 5.75 Å². The molecule has 2 aromatic rings. The van der Waals surface area contributed by atoms with Crippen molar-refractivity contribution in [3.8, 4) is 5.75 Å². The standard InChI is InChI=1S/C17H23N5O3S/c1-21-15(11-22-7-9-25-10-8-22)19-20-17(21)26-12-16(23)18-13-5-3-4-6-14(13)24-2/h3-6H,7-12H2,1-2H3,(H,18,23)/p+1. The molecule has 140 valence electrons. The van der Waals surface area contributed by atoms with Crippen molar-refractivity contribution in [3.63, 3.8) is 0 Å². The molecule has 3 rings (SSSR count). The highest BCUT2D eigenvalue weighted by Crippen LogP contribution is 2.23. The summed E-state index contributed by atoms with van der Waals surface area (Å²) in [5, 5.41) is 12.1. The number of morpholine rings is 1. The first-order valence-corrected chi connectivity index (χ1v) is 9.51. The van der Waals surface area contributed by atoms with Crippen molar-refractivity contribution in [3.05, 3.63) is 30.1 Å². The number of hydrogen-bond donors (Lipinski definition) is 2. The number of para-hydroxylation sites is 2. The minimum absolute atomic E-state index is 0.108. The molecule has 2 N–H and O–H groups in total. The number of rotatable bonds is 7. The molecule has 1 aromatic heterocycles. The zero-order valence-electron chi connectivity index (χ0n) is 15.0. The molecule has 0 spiro atoms. The van der Waals surface area contributed by atoms with E-state index in [1.807, 2.05) is 35.9 Å². The average molecular weight is 378 g/mol. The third kappa shape index (κ3) is 4.75. The number of amides is 1. The molecule has 0 bridgehead atoms. The van der Waals surface area contributed by atoms with Gasteiger partial charge < -0.3 is 24.3 Å². The maximum Gasteiger partial charge on any atom is 0.234 e. The maximum absolute atomic E-state index is 12.2. The Hall–Kier alpha value is -2.10. The molecule has 0 saturated carbocycles. The fraction of sp³-hybridized carbons (Fsp3) is 0.471. The summed E-state index contributed by atoms with van der Waals surface area (Å²) < 4.78 is 12.6. The van der Waals surface area contributed by atoms with Gasteiger partial charge in [0.2, 0.25) is 5.91 Å². The number of nitrogens with zero attached hydrogens (tertiary/aromatic N) is 3. The van der Waals surface area contributed by atoms with E-state index in [0.29, 0.717) is 11.4 Å². The average Bonchev–Trinajstić information content (AvgIpc) is 3.01. The van der Waals surface area contributed by atoms with Gasteiger partial charge in [-0.15, -0.1) is 10.2 Å². The van der Waals surface area contributed by atoms with E-state index < -0.39 is 0 Å². The zero-order valence-corrected chi connectivity index (χ0v) is 15.8. The highest BCUT2D eigenvalue weighted by Gasteiger charge is 2.19. The van der Waals surface area contributed by atoms with Crippen molar-refractivity contribution in [2.75, 3.05) is 44.5 Å². The SMILES string of the molecule is COc1ccccc1NC(=O)CSc1nnc(C[NH+]2CCOCC2)n1C. The summed E-state index contributed by atoms with van der Waals surface area (Å²) in [4.78, 5) is 13.7. The number of methoxy groups -OCH3 is 1. The Labute approximate surface area is 156 Å². The number of nitrogens with one attached hydrogen (secondary N) is 2. The Morgan fingerprint density at radius 2 is 2.12 bits per heavy atom. The number of anilines is 1. The quantitative estimate of drug-likeness (QED) is 0.659. The topological polar surface area (TPSA) is 82.7 Å². The van der Waals surface area contributed by atoms with Crippen molar-refractivity contribution < 1.29 is 19.2 Å². The van der Waals surface area contributed by atoms with Crippen LogP contribution in [0.15, 0.2) is 29.4 Å². The van der Waals surface area contributed by atoms with Gasteiger partial charge in [0.15, 0.2) is 11.0 Å². The second-order valence-corrected chi connectivity index (χ2v) is 6.98. The number of thioether (sulfide) groups is 1. The van der Waals surface area contributed by atoms with Crippen LogP contribution in [0.2, 0.25) is 0 Å². The molecule has 1 fully saturated rings. The number of ether oxygens (including phenoxy) is 2. The second-order valence-electron chi connectivity index (χ2n) is 6.03.